The average Bonchev–Trinajstić information content (AvgIpc) is 2.85. The van der Waals surface area contributed by atoms with Crippen LogP contribution >= 0.6 is 39.1 Å². The maximum atomic E-state index is 6.52. The number of aryl methyl sites for hydroxylation is 1. The van der Waals surface area contributed by atoms with Crippen molar-refractivity contribution in [3.63, 3.8) is 0 Å². The second-order valence-corrected chi connectivity index (χ2v) is 7.57. The number of hydrogen-bond donors (Lipinski definition) is 1. The molecule has 1 N–H and O–H groups in total. The fourth-order valence-corrected chi connectivity index (χ4v) is 3.45. The molecule has 0 saturated heterocycles. The van der Waals surface area contributed by atoms with Crippen LogP contribution < -0.4 is 10.1 Å². The van der Waals surface area contributed by atoms with Gasteiger partial charge < -0.3 is 10.1 Å². The van der Waals surface area contributed by atoms with Crippen molar-refractivity contribution in [2.45, 2.75) is 33.4 Å². The minimum atomic E-state index is 0.258. The molecule has 2 heterocycles. The quantitative estimate of drug-likeness (QED) is 0.517. The van der Waals surface area contributed by atoms with Crippen LogP contribution in [0.15, 0.2) is 35.1 Å². The molecule has 1 aromatic carbocycles. The van der Waals surface area contributed by atoms with E-state index in [-0.39, 0.29) is 12.6 Å². The summed E-state index contributed by atoms with van der Waals surface area (Å²) in [6.07, 6.45) is 1.93. The minimum absolute atomic E-state index is 0.258. The molecule has 0 amide bonds. The summed E-state index contributed by atoms with van der Waals surface area (Å²) < 4.78 is 8.84. The number of nitrogens with one attached hydrogen (secondary N) is 1. The van der Waals surface area contributed by atoms with Crippen LogP contribution in [0.5, 0.6) is 5.75 Å². The van der Waals surface area contributed by atoms with E-state index in [4.69, 9.17) is 27.9 Å². The summed E-state index contributed by atoms with van der Waals surface area (Å²) in [5.74, 6) is 0.672. The molecular formula is C18H18BrCl2N3O. The van der Waals surface area contributed by atoms with Crippen LogP contribution in [0.25, 0.3) is 5.65 Å². The van der Waals surface area contributed by atoms with Gasteiger partial charge in [-0.2, -0.15) is 0 Å². The zero-order valence-electron chi connectivity index (χ0n) is 14.1. The molecule has 3 aromatic rings. The van der Waals surface area contributed by atoms with Crippen molar-refractivity contribution >= 4 is 50.5 Å². The van der Waals surface area contributed by atoms with Gasteiger partial charge in [0.2, 0.25) is 0 Å². The third-order valence-electron chi connectivity index (χ3n) is 3.72. The number of imidazole rings is 1. The van der Waals surface area contributed by atoms with Crippen molar-refractivity contribution in [3.05, 3.63) is 56.4 Å². The first kappa shape index (κ1) is 18.4. The third-order valence-corrected chi connectivity index (χ3v) is 5.46. The Morgan fingerprint density at radius 1 is 1.28 bits per heavy atom. The lowest BCUT2D eigenvalue weighted by Crippen LogP contribution is -2.11. The standard InChI is InChI=1S/C18H18BrCl2N3O/c1-10(2)22-14-7-6-13(20)12(16(14)21)9-25-15-5-4-8-24-17(19)11(3)23-18(15)24/h4-8,10,22H,9H2,1-3H3. The first-order chi connectivity index (χ1) is 11.9. The second-order valence-electron chi connectivity index (χ2n) is 6.03. The number of hydrogen-bond acceptors (Lipinski definition) is 3. The Morgan fingerprint density at radius 2 is 2.04 bits per heavy atom. The van der Waals surface area contributed by atoms with Gasteiger partial charge in [0.1, 0.15) is 11.2 Å². The van der Waals surface area contributed by atoms with Gasteiger partial charge in [-0.1, -0.05) is 23.2 Å². The normalized spacial score (nSPS) is 11.3. The minimum Gasteiger partial charge on any atom is -0.485 e. The van der Waals surface area contributed by atoms with Gasteiger partial charge in [0.25, 0.3) is 0 Å². The smallest absolute Gasteiger partial charge is 0.180 e. The van der Waals surface area contributed by atoms with Crippen LogP contribution in [-0.2, 0) is 6.61 Å². The number of aromatic nitrogens is 2. The first-order valence-corrected chi connectivity index (χ1v) is 9.42. The number of rotatable bonds is 5. The summed E-state index contributed by atoms with van der Waals surface area (Å²) in [6.45, 7) is 6.31. The number of fused-ring (bicyclic) bond motifs is 1. The van der Waals surface area contributed by atoms with Crippen molar-refractivity contribution in [2.75, 3.05) is 5.32 Å². The van der Waals surface area contributed by atoms with Crippen LogP contribution in [0.2, 0.25) is 10.0 Å². The van der Waals surface area contributed by atoms with Crippen LogP contribution in [0, 0.1) is 6.92 Å². The highest BCUT2D eigenvalue weighted by atomic mass is 79.9. The van der Waals surface area contributed by atoms with Crippen LogP contribution in [0.4, 0.5) is 5.69 Å². The first-order valence-electron chi connectivity index (χ1n) is 7.88. The van der Waals surface area contributed by atoms with Gasteiger partial charge >= 0.3 is 0 Å². The number of anilines is 1. The molecule has 0 aliphatic carbocycles. The summed E-state index contributed by atoms with van der Waals surface area (Å²) in [7, 11) is 0. The molecule has 0 spiro atoms. The maximum Gasteiger partial charge on any atom is 0.180 e. The molecule has 3 rings (SSSR count). The molecule has 0 aliphatic rings. The van der Waals surface area contributed by atoms with Gasteiger partial charge in [0, 0.05) is 22.8 Å². The Bertz CT molecular complexity index is 924. The highest BCUT2D eigenvalue weighted by molar-refractivity contribution is 9.10. The molecule has 7 heteroatoms. The van der Waals surface area contributed by atoms with Crippen molar-refractivity contribution in [1.29, 1.82) is 0 Å². The number of halogens is 3. The van der Waals surface area contributed by atoms with Crippen LogP contribution in [0.3, 0.4) is 0 Å². The monoisotopic (exact) mass is 441 g/mol. The lowest BCUT2D eigenvalue weighted by atomic mass is 10.2. The summed E-state index contributed by atoms with van der Waals surface area (Å²) >= 11 is 16.4. The summed E-state index contributed by atoms with van der Waals surface area (Å²) in [6, 6.07) is 7.77. The molecule has 0 atom stereocenters. The topological polar surface area (TPSA) is 38.6 Å². The van der Waals surface area contributed by atoms with Crippen molar-refractivity contribution in [1.82, 2.24) is 9.38 Å². The van der Waals surface area contributed by atoms with E-state index in [0.29, 0.717) is 15.8 Å². The Hall–Kier alpha value is -1.43. The Kier molecular flexibility index (Phi) is 5.46. The van der Waals surface area contributed by atoms with E-state index in [2.05, 4.69) is 40.1 Å². The molecule has 4 nitrogen and oxygen atoms in total. The Labute approximate surface area is 165 Å². The third kappa shape index (κ3) is 3.73. The fourth-order valence-electron chi connectivity index (χ4n) is 2.54. The maximum absolute atomic E-state index is 6.52. The van der Waals surface area contributed by atoms with E-state index >= 15 is 0 Å². The van der Waals surface area contributed by atoms with Gasteiger partial charge in [-0.3, -0.25) is 4.40 Å². The summed E-state index contributed by atoms with van der Waals surface area (Å²) in [5, 5.41) is 4.46. The molecule has 0 saturated carbocycles. The highest BCUT2D eigenvalue weighted by Crippen LogP contribution is 2.34. The predicted octanol–water partition coefficient (Wildman–Crippen LogP) is 6.11. The molecule has 2 aromatic heterocycles. The Balaban J connectivity index is 1.91. The predicted molar refractivity (Wildman–Crippen MR) is 107 cm³/mol. The largest absolute Gasteiger partial charge is 0.485 e. The number of nitrogens with zero attached hydrogens (tertiary/aromatic N) is 2. The van der Waals surface area contributed by atoms with E-state index in [9.17, 15) is 0 Å². The number of pyridine rings is 1. The van der Waals surface area contributed by atoms with Crippen molar-refractivity contribution < 1.29 is 4.74 Å². The summed E-state index contributed by atoms with van der Waals surface area (Å²) in [4.78, 5) is 4.54. The lowest BCUT2D eigenvalue weighted by Gasteiger charge is -2.16. The zero-order valence-corrected chi connectivity index (χ0v) is 17.2. The second kappa shape index (κ2) is 7.44. The van der Waals surface area contributed by atoms with Gasteiger partial charge in [-0.25, -0.2) is 4.98 Å². The molecule has 0 unspecified atom stereocenters. The fraction of sp³-hybridized carbons (Fsp3) is 0.278. The van der Waals surface area contributed by atoms with Gasteiger partial charge in [-0.05, 0) is 61.0 Å². The number of benzene rings is 1. The summed E-state index contributed by atoms with van der Waals surface area (Å²) in [5.41, 5.74) is 3.24. The van der Waals surface area contributed by atoms with Gasteiger partial charge in [0.05, 0.1) is 16.4 Å². The van der Waals surface area contributed by atoms with Crippen LogP contribution in [0.1, 0.15) is 25.1 Å². The molecule has 0 aliphatic heterocycles. The molecule has 0 radical (unpaired) electrons. The molecule has 25 heavy (non-hydrogen) atoms. The van der Waals surface area contributed by atoms with E-state index in [1.807, 2.05) is 41.8 Å². The lowest BCUT2D eigenvalue weighted by molar-refractivity contribution is 0.308. The van der Waals surface area contributed by atoms with E-state index < -0.39 is 0 Å². The Morgan fingerprint density at radius 3 is 2.76 bits per heavy atom. The molecule has 0 bridgehead atoms. The van der Waals surface area contributed by atoms with Crippen LogP contribution in [-0.4, -0.2) is 15.4 Å². The molecule has 132 valence electrons. The van der Waals surface area contributed by atoms with E-state index in [0.717, 1.165) is 27.2 Å². The molecule has 0 fully saturated rings. The zero-order chi connectivity index (χ0) is 18.1. The highest BCUT2D eigenvalue weighted by Gasteiger charge is 2.15. The SMILES string of the molecule is Cc1nc2c(OCc3c(Cl)ccc(NC(C)C)c3Cl)cccn2c1Br. The van der Waals surface area contributed by atoms with Gasteiger partial charge in [0.15, 0.2) is 11.4 Å². The number of ether oxygens (including phenoxy) is 1. The van der Waals surface area contributed by atoms with E-state index in [1.165, 1.54) is 0 Å². The van der Waals surface area contributed by atoms with Crippen molar-refractivity contribution in [3.8, 4) is 5.75 Å². The molecular weight excluding hydrogens is 425 g/mol. The van der Waals surface area contributed by atoms with Crippen molar-refractivity contribution in [2.24, 2.45) is 0 Å². The average molecular weight is 443 g/mol. The van der Waals surface area contributed by atoms with Gasteiger partial charge in [-0.15, -0.1) is 0 Å². The van der Waals surface area contributed by atoms with E-state index in [1.54, 1.807) is 0 Å².